The van der Waals surface area contributed by atoms with Crippen LogP contribution in [0.3, 0.4) is 0 Å². The Morgan fingerprint density at radius 3 is 2.91 bits per heavy atom. The van der Waals surface area contributed by atoms with Crippen LogP contribution in [0.2, 0.25) is 0 Å². The van der Waals surface area contributed by atoms with Crippen LogP contribution in [0.4, 0.5) is 0 Å². The molecule has 1 saturated heterocycles. The molecule has 1 atom stereocenters. The van der Waals surface area contributed by atoms with Gasteiger partial charge in [0.15, 0.2) is 0 Å². The Labute approximate surface area is 68.2 Å². The van der Waals surface area contributed by atoms with Gasteiger partial charge in [-0.1, -0.05) is 6.42 Å². The summed E-state index contributed by atoms with van der Waals surface area (Å²) in [6.45, 7) is 3.05. The molecule has 1 aliphatic rings. The van der Waals surface area contributed by atoms with Crippen molar-refractivity contribution in [2.45, 2.75) is 25.3 Å². The molecule has 0 spiro atoms. The number of aliphatic hydroxyl groups is 1. The third-order valence-corrected chi connectivity index (χ3v) is 2.38. The number of likely N-dealkylation sites (tertiary alicyclic amines) is 1. The Morgan fingerprint density at radius 2 is 2.27 bits per heavy atom. The van der Waals surface area contributed by atoms with Gasteiger partial charge in [-0.25, -0.2) is 0 Å². The molecular weight excluding hydrogens is 140 g/mol. The minimum absolute atomic E-state index is 0.292. The molecule has 0 amide bonds. The summed E-state index contributed by atoms with van der Waals surface area (Å²) in [4.78, 5) is 2.30. The number of nitrogens with two attached hydrogens (primary N) is 1. The van der Waals surface area contributed by atoms with E-state index in [9.17, 15) is 0 Å². The van der Waals surface area contributed by atoms with E-state index in [1.165, 1.54) is 12.8 Å². The van der Waals surface area contributed by atoms with Gasteiger partial charge in [-0.3, -0.25) is 4.90 Å². The summed E-state index contributed by atoms with van der Waals surface area (Å²) in [5.41, 5.74) is 5.45. The summed E-state index contributed by atoms with van der Waals surface area (Å²) in [5, 5.41) is 9.01. The van der Waals surface area contributed by atoms with E-state index >= 15 is 0 Å². The average molecular weight is 158 g/mol. The van der Waals surface area contributed by atoms with Crippen LogP contribution in [0.25, 0.3) is 0 Å². The molecule has 0 aromatic rings. The number of nitrogens with zero attached hydrogens (tertiary/aromatic N) is 1. The van der Waals surface area contributed by atoms with Crippen LogP contribution in [0.1, 0.15) is 19.3 Å². The molecule has 0 aromatic heterocycles. The van der Waals surface area contributed by atoms with Gasteiger partial charge in [-0.05, 0) is 19.4 Å². The molecule has 66 valence electrons. The zero-order valence-electron chi connectivity index (χ0n) is 7.00. The zero-order chi connectivity index (χ0) is 8.10. The van der Waals surface area contributed by atoms with E-state index < -0.39 is 0 Å². The van der Waals surface area contributed by atoms with Gasteiger partial charge in [0.05, 0.1) is 6.61 Å². The monoisotopic (exact) mass is 158 g/mol. The van der Waals surface area contributed by atoms with Crippen molar-refractivity contribution in [2.75, 3.05) is 26.2 Å². The van der Waals surface area contributed by atoms with E-state index in [4.69, 9.17) is 10.8 Å². The molecule has 3 heteroatoms. The first-order valence-corrected chi connectivity index (χ1v) is 4.43. The third kappa shape index (κ3) is 2.43. The van der Waals surface area contributed by atoms with Crippen molar-refractivity contribution >= 4 is 0 Å². The van der Waals surface area contributed by atoms with E-state index in [0.717, 1.165) is 19.5 Å². The Kier molecular flexibility index (Phi) is 3.83. The smallest absolute Gasteiger partial charge is 0.0586 e. The normalized spacial score (nSPS) is 27.3. The van der Waals surface area contributed by atoms with Crippen molar-refractivity contribution in [2.24, 2.45) is 5.73 Å². The van der Waals surface area contributed by atoms with Crippen molar-refractivity contribution in [1.29, 1.82) is 0 Å². The molecule has 3 nitrogen and oxygen atoms in total. The Hall–Kier alpha value is -0.120. The highest BCUT2D eigenvalue weighted by molar-refractivity contribution is 4.75. The van der Waals surface area contributed by atoms with Crippen LogP contribution in [-0.4, -0.2) is 42.3 Å². The first-order valence-electron chi connectivity index (χ1n) is 4.43. The molecule has 0 bridgehead atoms. The van der Waals surface area contributed by atoms with Crippen molar-refractivity contribution in [3.05, 3.63) is 0 Å². The van der Waals surface area contributed by atoms with Crippen molar-refractivity contribution in [1.82, 2.24) is 4.90 Å². The molecule has 0 aromatic carbocycles. The van der Waals surface area contributed by atoms with Crippen LogP contribution in [0, 0.1) is 0 Å². The maximum absolute atomic E-state index is 9.01. The van der Waals surface area contributed by atoms with Crippen LogP contribution in [0.5, 0.6) is 0 Å². The van der Waals surface area contributed by atoms with E-state index in [0.29, 0.717) is 19.2 Å². The van der Waals surface area contributed by atoms with Crippen LogP contribution in [0.15, 0.2) is 0 Å². The summed E-state index contributed by atoms with van der Waals surface area (Å²) in [6.07, 6.45) is 3.65. The lowest BCUT2D eigenvalue weighted by Crippen LogP contribution is -2.44. The molecule has 1 aliphatic heterocycles. The van der Waals surface area contributed by atoms with Crippen LogP contribution >= 0.6 is 0 Å². The highest BCUT2D eigenvalue weighted by atomic mass is 16.3. The van der Waals surface area contributed by atoms with E-state index in [1.54, 1.807) is 0 Å². The number of hydrogen-bond donors (Lipinski definition) is 2. The van der Waals surface area contributed by atoms with Crippen molar-refractivity contribution in [3.8, 4) is 0 Å². The van der Waals surface area contributed by atoms with Crippen molar-refractivity contribution in [3.63, 3.8) is 0 Å². The predicted octanol–water partition coefficient (Wildman–Crippen LogP) is -0.208. The Balaban J connectivity index is 2.31. The number of rotatable bonds is 3. The van der Waals surface area contributed by atoms with Gasteiger partial charge < -0.3 is 10.8 Å². The van der Waals surface area contributed by atoms with Crippen LogP contribution < -0.4 is 5.73 Å². The lowest BCUT2D eigenvalue weighted by molar-refractivity contribution is 0.0931. The first-order chi connectivity index (χ1) is 5.38. The van der Waals surface area contributed by atoms with Gasteiger partial charge in [-0.15, -0.1) is 0 Å². The fraction of sp³-hybridized carbons (Fsp3) is 1.00. The predicted molar refractivity (Wildman–Crippen MR) is 45.4 cm³/mol. The number of piperidine rings is 1. The van der Waals surface area contributed by atoms with Gasteiger partial charge in [-0.2, -0.15) is 0 Å². The summed E-state index contributed by atoms with van der Waals surface area (Å²) in [7, 11) is 0. The lowest BCUT2D eigenvalue weighted by Gasteiger charge is -2.34. The molecule has 0 saturated carbocycles. The summed E-state index contributed by atoms with van der Waals surface area (Å²) < 4.78 is 0. The molecule has 1 unspecified atom stereocenters. The molecule has 1 heterocycles. The first kappa shape index (κ1) is 8.97. The van der Waals surface area contributed by atoms with Gasteiger partial charge in [0.25, 0.3) is 0 Å². The number of hydrogen-bond acceptors (Lipinski definition) is 3. The molecule has 0 radical (unpaired) electrons. The second kappa shape index (κ2) is 4.70. The summed E-state index contributed by atoms with van der Waals surface area (Å²) >= 11 is 0. The average Bonchev–Trinajstić information content (AvgIpc) is 2.06. The molecule has 1 fully saturated rings. The fourth-order valence-electron chi connectivity index (χ4n) is 1.73. The third-order valence-electron chi connectivity index (χ3n) is 2.38. The number of aliphatic hydroxyl groups excluding tert-OH is 1. The maximum Gasteiger partial charge on any atom is 0.0586 e. The minimum Gasteiger partial charge on any atom is -0.395 e. The Bertz CT molecular complexity index is 106. The fourth-order valence-corrected chi connectivity index (χ4v) is 1.73. The van der Waals surface area contributed by atoms with Crippen LogP contribution in [-0.2, 0) is 0 Å². The van der Waals surface area contributed by atoms with E-state index in [2.05, 4.69) is 4.90 Å². The Morgan fingerprint density at radius 1 is 1.45 bits per heavy atom. The molecule has 0 aliphatic carbocycles. The van der Waals surface area contributed by atoms with Gasteiger partial charge >= 0.3 is 0 Å². The largest absolute Gasteiger partial charge is 0.395 e. The minimum atomic E-state index is 0.292. The van der Waals surface area contributed by atoms with Gasteiger partial charge in [0.2, 0.25) is 0 Å². The van der Waals surface area contributed by atoms with Gasteiger partial charge in [0, 0.05) is 19.1 Å². The van der Waals surface area contributed by atoms with Crippen molar-refractivity contribution < 1.29 is 5.11 Å². The maximum atomic E-state index is 9.01. The van der Waals surface area contributed by atoms with Gasteiger partial charge in [0.1, 0.15) is 0 Å². The summed E-state index contributed by atoms with van der Waals surface area (Å²) in [6, 6.07) is 0.382. The van der Waals surface area contributed by atoms with E-state index in [1.807, 2.05) is 0 Å². The molecular formula is C8H18N2O. The molecule has 11 heavy (non-hydrogen) atoms. The highest BCUT2D eigenvalue weighted by Gasteiger charge is 2.19. The standard InChI is InChI=1S/C8H18N2O/c9-4-6-10-5-2-1-3-8(10)7-11/h8,11H,1-7,9H2. The molecule has 3 N–H and O–H groups in total. The zero-order valence-corrected chi connectivity index (χ0v) is 7.00. The summed E-state index contributed by atoms with van der Waals surface area (Å²) in [5.74, 6) is 0. The highest BCUT2D eigenvalue weighted by Crippen LogP contribution is 2.15. The second-order valence-corrected chi connectivity index (χ2v) is 3.16. The topological polar surface area (TPSA) is 49.5 Å². The quantitative estimate of drug-likeness (QED) is 0.597. The lowest BCUT2D eigenvalue weighted by atomic mass is 10.0. The molecule has 1 rings (SSSR count). The SMILES string of the molecule is NCCN1CCCCC1CO. The second-order valence-electron chi connectivity index (χ2n) is 3.16. The van der Waals surface area contributed by atoms with E-state index in [-0.39, 0.29) is 0 Å².